The molecule has 1 atom stereocenters. The minimum absolute atomic E-state index is 0.136. The number of rotatable bonds is 5. The third kappa shape index (κ3) is 4.37. The first kappa shape index (κ1) is 19.3. The van der Waals surface area contributed by atoms with Gasteiger partial charge in [-0.15, -0.1) is 10.2 Å². The smallest absolute Gasteiger partial charge is 0.310 e. The van der Waals surface area contributed by atoms with Crippen molar-refractivity contribution >= 4 is 23.4 Å². The van der Waals surface area contributed by atoms with Crippen LogP contribution in [0.1, 0.15) is 19.8 Å². The normalized spacial score (nSPS) is 16.6. The lowest BCUT2D eigenvalue weighted by Crippen LogP contribution is -2.39. The summed E-state index contributed by atoms with van der Waals surface area (Å²) >= 11 is 5.91. The van der Waals surface area contributed by atoms with Crippen LogP contribution < -0.4 is 4.90 Å². The molecule has 0 amide bonds. The molecule has 8 nitrogen and oxygen atoms in total. The number of aromatic nitrogens is 4. The summed E-state index contributed by atoms with van der Waals surface area (Å²) in [7, 11) is 0. The zero-order valence-corrected chi connectivity index (χ0v) is 16.7. The van der Waals surface area contributed by atoms with Crippen molar-refractivity contribution in [3.8, 4) is 23.0 Å². The van der Waals surface area contributed by atoms with Crippen LogP contribution in [0.2, 0.25) is 5.02 Å². The Hall–Kier alpha value is -3.00. The van der Waals surface area contributed by atoms with Crippen LogP contribution in [0.15, 0.2) is 40.9 Å². The van der Waals surface area contributed by atoms with Crippen LogP contribution in [0.5, 0.6) is 0 Å². The van der Waals surface area contributed by atoms with Crippen molar-refractivity contribution in [2.24, 2.45) is 5.92 Å². The summed E-state index contributed by atoms with van der Waals surface area (Å²) in [6, 6.07) is 10.8. The topological polar surface area (TPSA) is 94.2 Å². The van der Waals surface area contributed by atoms with Crippen LogP contribution in [0, 0.1) is 5.92 Å². The van der Waals surface area contributed by atoms with Gasteiger partial charge < -0.3 is 14.2 Å². The standard InChI is InChI=1S/C20H20ClN5O3/c1-2-28-20(27)14-4-3-11-26(12-14)17-10-9-16(23-24-17)19-22-18(25-29-19)13-5-7-15(21)8-6-13/h5-10,14H,2-4,11-12H2,1H3. The number of piperidine rings is 1. The summed E-state index contributed by atoms with van der Waals surface area (Å²) in [5, 5.41) is 13.2. The Morgan fingerprint density at radius 1 is 1.24 bits per heavy atom. The Balaban J connectivity index is 1.47. The first-order valence-corrected chi connectivity index (χ1v) is 9.87. The highest BCUT2D eigenvalue weighted by Gasteiger charge is 2.27. The molecule has 150 valence electrons. The fourth-order valence-electron chi connectivity index (χ4n) is 3.29. The largest absolute Gasteiger partial charge is 0.466 e. The number of hydrogen-bond donors (Lipinski definition) is 0. The average Bonchev–Trinajstić information content (AvgIpc) is 3.25. The summed E-state index contributed by atoms with van der Waals surface area (Å²) in [4.78, 5) is 18.5. The third-order valence-corrected chi connectivity index (χ3v) is 5.02. The molecule has 0 spiro atoms. The van der Waals surface area contributed by atoms with Gasteiger partial charge in [0.25, 0.3) is 5.89 Å². The van der Waals surface area contributed by atoms with E-state index in [1.807, 2.05) is 25.1 Å². The number of carbonyl (C=O) groups is 1. The summed E-state index contributed by atoms with van der Waals surface area (Å²) in [5.41, 5.74) is 1.28. The molecule has 1 aliphatic rings. The van der Waals surface area contributed by atoms with E-state index in [1.165, 1.54) is 0 Å². The zero-order chi connectivity index (χ0) is 20.2. The Labute approximate surface area is 172 Å². The van der Waals surface area contributed by atoms with Gasteiger partial charge in [-0.3, -0.25) is 4.79 Å². The molecule has 0 bridgehead atoms. The number of benzene rings is 1. The Morgan fingerprint density at radius 2 is 2.07 bits per heavy atom. The quantitative estimate of drug-likeness (QED) is 0.585. The Kier molecular flexibility index (Phi) is 5.71. The number of carbonyl (C=O) groups excluding carboxylic acids is 1. The van der Waals surface area contributed by atoms with Gasteiger partial charge in [-0.05, 0) is 56.2 Å². The summed E-state index contributed by atoms with van der Waals surface area (Å²) in [5.74, 6) is 1.17. The molecule has 1 aliphatic heterocycles. The van der Waals surface area contributed by atoms with Gasteiger partial charge in [-0.1, -0.05) is 16.8 Å². The molecule has 29 heavy (non-hydrogen) atoms. The molecule has 3 heterocycles. The molecule has 0 radical (unpaired) electrons. The SMILES string of the molecule is CCOC(=O)C1CCCN(c2ccc(-c3nc(-c4ccc(Cl)cc4)no3)nn2)C1. The zero-order valence-electron chi connectivity index (χ0n) is 15.9. The highest BCUT2D eigenvalue weighted by Crippen LogP contribution is 2.25. The molecule has 1 fully saturated rings. The van der Waals surface area contributed by atoms with Gasteiger partial charge in [0.15, 0.2) is 11.5 Å². The molecule has 0 N–H and O–H groups in total. The molecule has 1 aromatic carbocycles. The van der Waals surface area contributed by atoms with E-state index in [-0.39, 0.29) is 17.8 Å². The fourth-order valence-corrected chi connectivity index (χ4v) is 3.42. The van der Waals surface area contributed by atoms with Crippen LogP contribution in [0.25, 0.3) is 23.0 Å². The van der Waals surface area contributed by atoms with Gasteiger partial charge in [0.05, 0.1) is 12.5 Å². The van der Waals surface area contributed by atoms with Crippen LogP contribution in [-0.4, -0.2) is 46.0 Å². The van der Waals surface area contributed by atoms with Crippen molar-refractivity contribution in [2.75, 3.05) is 24.6 Å². The minimum atomic E-state index is -0.151. The number of hydrogen-bond acceptors (Lipinski definition) is 8. The third-order valence-electron chi connectivity index (χ3n) is 4.76. The van der Waals surface area contributed by atoms with Crippen LogP contribution in [0.4, 0.5) is 5.82 Å². The lowest BCUT2D eigenvalue weighted by atomic mass is 9.98. The van der Waals surface area contributed by atoms with Crippen molar-refractivity contribution in [1.82, 2.24) is 20.3 Å². The first-order valence-electron chi connectivity index (χ1n) is 9.49. The predicted molar refractivity (Wildman–Crippen MR) is 107 cm³/mol. The molecule has 0 aliphatic carbocycles. The van der Waals surface area contributed by atoms with Crippen molar-refractivity contribution in [1.29, 1.82) is 0 Å². The van der Waals surface area contributed by atoms with E-state index in [0.717, 1.165) is 24.9 Å². The Bertz CT molecular complexity index is 975. The Morgan fingerprint density at radius 3 is 2.79 bits per heavy atom. The second kappa shape index (κ2) is 8.57. The number of nitrogens with zero attached hydrogens (tertiary/aromatic N) is 5. The highest BCUT2D eigenvalue weighted by atomic mass is 35.5. The number of halogens is 1. The van der Waals surface area contributed by atoms with Crippen LogP contribution in [-0.2, 0) is 9.53 Å². The van der Waals surface area contributed by atoms with Crippen molar-refractivity contribution in [3.05, 3.63) is 41.4 Å². The maximum atomic E-state index is 12.0. The molecule has 0 saturated carbocycles. The van der Waals surface area contributed by atoms with Gasteiger partial charge in [-0.25, -0.2) is 0 Å². The molecule has 1 saturated heterocycles. The maximum absolute atomic E-state index is 12.0. The van der Waals surface area contributed by atoms with E-state index in [1.54, 1.807) is 18.2 Å². The van der Waals surface area contributed by atoms with Gasteiger partial charge in [-0.2, -0.15) is 4.98 Å². The fraction of sp³-hybridized carbons (Fsp3) is 0.350. The van der Waals surface area contributed by atoms with Crippen molar-refractivity contribution in [3.63, 3.8) is 0 Å². The summed E-state index contributed by atoms with van der Waals surface area (Å²) in [6.07, 6.45) is 1.73. The van der Waals surface area contributed by atoms with Crippen LogP contribution in [0.3, 0.4) is 0 Å². The van der Waals surface area contributed by atoms with E-state index >= 15 is 0 Å². The minimum Gasteiger partial charge on any atom is -0.466 e. The van der Waals surface area contributed by atoms with Gasteiger partial charge >= 0.3 is 5.97 Å². The number of esters is 1. The van der Waals surface area contributed by atoms with E-state index in [9.17, 15) is 4.79 Å². The molecule has 1 unspecified atom stereocenters. The second-order valence-electron chi connectivity index (χ2n) is 6.74. The molecule has 3 aromatic rings. The number of anilines is 1. The maximum Gasteiger partial charge on any atom is 0.310 e. The van der Waals surface area contributed by atoms with E-state index in [2.05, 4.69) is 25.2 Å². The molecular weight excluding hydrogens is 394 g/mol. The summed E-state index contributed by atoms with van der Waals surface area (Å²) < 4.78 is 10.5. The number of ether oxygens (including phenoxy) is 1. The van der Waals surface area contributed by atoms with E-state index in [0.29, 0.717) is 35.5 Å². The molecule has 9 heteroatoms. The monoisotopic (exact) mass is 413 g/mol. The van der Waals surface area contributed by atoms with E-state index in [4.69, 9.17) is 20.9 Å². The van der Waals surface area contributed by atoms with Crippen molar-refractivity contribution in [2.45, 2.75) is 19.8 Å². The van der Waals surface area contributed by atoms with Crippen molar-refractivity contribution < 1.29 is 14.1 Å². The lowest BCUT2D eigenvalue weighted by Gasteiger charge is -2.31. The predicted octanol–water partition coefficient (Wildman–Crippen LogP) is 3.63. The molecular formula is C20H20ClN5O3. The highest BCUT2D eigenvalue weighted by molar-refractivity contribution is 6.30. The summed E-state index contributed by atoms with van der Waals surface area (Å²) in [6.45, 7) is 3.62. The molecule has 2 aromatic heterocycles. The van der Waals surface area contributed by atoms with Gasteiger partial charge in [0.1, 0.15) is 0 Å². The first-order chi connectivity index (χ1) is 14.1. The second-order valence-corrected chi connectivity index (χ2v) is 7.18. The lowest BCUT2D eigenvalue weighted by molar-refractivity contribution is -0.148. The van der Waals surface area contributed by atoms with E-state index < -0.39 is 0 Å². The van der Waals surface area contributed by atoms with Crippen LogP contribution >= 0.6 is 11.6 Å². The molecule has 4 rings (SSSR count). The average molecular weight is 414 g/mol. The van der Waals surface area contributed by atoms with Gasteiger partial charge in [0.2, 0.25) is 5.82 Å². The van der Waals surface area contributed by atoms with Gasteiger partial charge in [0, 0.05) is 23.7 Å².